The van der Waals surface area contributed by atoms with Crippen molar-refractivity contribution in [2.45, 2.75) is 5.41 Å². The van der Waals surface area contributed by atoms with E-state index in [9.17, 15) is 0 Å². The average Bonchev–Trinajstić information content (AvgIpc) is 3.99. The van der Waals surface area contributed by atoms with Crippen molar-refractivity contribution in [2.75, 3.05) is 4.90 Å². The molecule has 0 unspecified atom stereocenters. The Balaban J connectivity index is 1.05. The summed E-state index contributed by atoms with van der Waals surface area (Å²) in [6.07, 6.45) is 0. The number of nitrogens with zero attached hydrogens (tertiary/aromatic N) is 1. The average molecular weight is 802 g/mol. The van der Waals surface area contributed by atoms with Gasteiger partial charge >= 0.3 is 0 Å². The Hall–Kier alpha value is -8.20. The number of fused-ring (bicyclic) bond motifs is 13. The third-order valence-electron chi connectivity index (χ3n) is 13.5. The van der Waals surface area contributed by atoms with E-state index in [1.54, 1.807) is 0 Å². The topological polar surface area (TPSA) is 16.4 Å². The molecule has 10 aromatic carbocycles. The van der Waals surface area contributed by atoms with Gasteiger partial charge in [-0.15, -0.1) is 0 Å². The first-order valence-corrected chi connectivity index (χ1v) is 21.7. The lowest BCUT2D eigenvalue weighted by Gasteiger charge is -2.30. The van der Waals surface area contributed by atoms with Gasteiger partial charge < -0.3 is 9.32 Å². The van der Waals surface area contributed by atoms with Gasteiger partial charge in [0.05, 0.1) is 11.1 Å². The Labute approximate surface area is 366 Å². The van der Waals surface area contributed by atoms with Gasteiger partial charge in [-0.25, -0.2) is 0 Å². The molecule has 1 aromatic heterocycles. The fourth-order valence-electron chi connectivity index (χ4n) is 10.7. The van der Waals surface area contributed by atoms with Crippen LogP contribution < -0.4 is 4.90 Å². The van der Waals surface area contributed by atoms with Crippen molar-refractivity contribution >= 4 is 39.0 Å². The van der Waals surface area contributed by atoms with Gasteiger partial charge in [0.25, 0.3) is 0 Å². The van der Waals surface area contributed by atoms with Gasteiger partial charge in [0.1, 0.15) is 5.58 Å². The van der Waals surface area contributed by atoms with E-state index >= 15 is 0 Å². The number of hydrogen-bond acceptors (Lipinski definition) is 2. The van der Waals surface area contributed by atoms with E-state index in [2.05, 4.69) is 241 Å². The highest BCUT2D eigenvalue weighted by molar-refractivity contribution is 6.12. The number of hydrogen-bond donors (Lipinski definition) is 0. The largest absolute Gasteiger partial charge is 0.454 e. The lowest BCUT2D eigenvalue weighted by atomic mass is 9.70. The predicted molar refractivity (Wildman–Crippen MR) is 261 cm³/mol. The van der Waals surface area contributed by atoms with Gasteiger partial charge in [0, 0.05) is 22.1 Å². The molecule has 2 nitrogen and oxygen atoms in total. The Morgan fingerprint density at radius 1 is 0.302 bits per heavy atom. The number of furan rings is 1. The zero-order valence-electron chi connectivity index (χ0n) is 34.4. The first-order chi connectivity index (χ1) is 31.2. The second-order valence-electron chi connectivity index (χ2n) is 16.8. The second-order valence-corrected chi connectivity index (χ2v) is 16.8. The summed E-state index contributed by atoms with van der Waals surface area (Å²) in [5.41, 5.74) is 21.9. The molecule has 13 rings (SSSR count). The first-order valence-electron chi connectivity index (χ1n) is 21.7. The Bertz CT molecular complexity index is 3400. The van der Waals surface area contributed by atoms with Crippen molar-refractivity contribution in [3.8, 4) is 55.6 Å². The van der Waals surface area contributed by atoms with E-state index in [0.29, 0.717) is 0 Å². The highest BCUT2D eigenvalue weighted by Crippen LogP contribution is 2.63. The van der Waals surface area contributed by atoms with Crippen molar-refractivity contribution in [3.63, 3.8) is 0 Å². The summed E-state index contributed by atoms with van der Waals surface area (Å²) in [7, 11) is 0. The van der Waals surface area contributed by atoms with Crippen LogP contribution in [0, 0.1) is 0 Å². The van der Waals surface area contributed by atoms with Crippen LogP contribution in [0.3, 0.4) is 0 Å². The summed E-state index contributed by atoms with van der Waals surface area (Å²) in [4.78, 5) is 2.37. The van der Waals surface area contributed by atoms with Gasteiger partial charge in [-0.05, 0) is 126 Å². The van der Waals surface area contributed by atoms with Crippen molar-refractivity contribution in [3.05, 3.63) is 259 Å². The molecule has 0 amide bonds. The molecule has 0 bridgehead atoms. The minimum Gasteiger partial charge on any atom is -0.454 e. The second kappa shape index (κ2) is 13.9. The number of para-hydroxylation sites is 1. The molecular formula is C61H39NO. The van der Waals surface area contributed by atoms with Crippen LogP contribution in [0.2, 0.25) is 0 Å². The highest BCUT2D eigenvalue weighted by Gasteiger charge is 2.51. The van der Waals surface area contributed by atoms with Crippen LogP contribution in [-0.4, -0.2) is 0 Å². The molecular weight excluding hydrogens is 763 g/mol. The monoisotopic (exact) mass is 801 g/mol. The fourth-order valence-corrected chi connectivity index (χ4v) is 10.7. The van der Waals surface area contributed by atoms with E-state index in [4.69, 9.17) is 4.42 Å². The number of benzene rings is 10. The van der Waals surface area contributed by atoms with Crippen molar-refractivity contribution < 1.29 is 4.42 Å². The maximum absolute atomic E-state index is 6.91. The maximum Gasteiger partial charge on any atom is 0.159 e. The predicted octanol–water partition coefficient (Wildman–Crippen LogP) is 16.4. The molecule has 1 heterocycles. The molecule has 2 aliphatic rings. The Kier molecular flexibility index (Phi) is 7.85. The summed E-state index contributed by atoms with van der Waals surface area (Å²) in [5.74, 6) is 0. The third-order valence-corrected chi connectivity index (χ3v) is 13.5. The number of anilines is 3. The van der Waals surface area contributed by atoms with E-state index in [0.717, 1.165) is 50.1 Å². The maximum atomic E-state index is 6.91. The van der Waals surface area contributed by atoms with Gasteiger partial charge in [-0.2, -0.15) is 0 Å². The summed E-state index contributed by atoms with van der Waals surface area (Å²) in [6, 6.07) is 86.4. The van der Waals surface area contributed by atoms with Crippen molar-refractivity contribution in [2.24, 2.45) is 0 Å². The smallest absolute Gasteiger partial charge is 0.159 e. The zero-order chi connectivity index (χ0) is 41.5. The quantitative estimate of drug-likeness (QED) is 0.167. The van der Waals surface area contributed by atoms with Crippen LogP contribution in [0.25, 0.3) is 77.6 Å². The summed E-state index contributed by atoms with van der Waals surface area (Å²) in [6.45, 7) is 0. The van der Waals surface area contributed by atoms with Gasteiger partial charge in [-0.3, -0.25) is 0 Å². The zero-order valence-corrected chi connectivity index (χ0v) is 34.4. The van der Waals surface area contributed by atoms with Crippen LogP contribution in [0.4, 0.5) is 17.1 Å². The third kappa shape index (κ3) is 5.32. The fraction of sp³-hybridized carbons (Fsp3) is 0.0164. The molecule has 0 saturated carbocycles. The molecule has 294 valence electrons. The van der Waals surface area contributed by atoms with E-state index in [1.807, 2.05) is 0 Å². The van der Waals surface area contributed by atoms with E-state index in [1.165, 1.54) is 66.8 Å². The molecule has 1 spiro atoms. The Morgan fingerprint density at radius 2 is 0.746 bits per heavy atom. The van der Waals surface area contributed by atoms with Crippen LogP contribution in [0.1, 0.15) is 22.3 Å². The Morgan fingerprint density at radius 3 is 1.30 bits per heavy atom. The SMILES string of the molecule is c1ccc(-c2ccc(N(c3ccc(-c4ccccc4)cc3)c3cc(-c4ccc5c(c4)C4(c6ccccc6-c6ccccc64)c4ccccc4-5)cc4c3oc3ccccc34)cc2)cc1. The highest BCUT2D eigenvalue weighted by atomic mass is 16.3. The summed E-state index contributed by atoms with van der Waals surface area (Å²) < 4.78 is 6.91. The van der Waals surface area contributed by atoms with Gasteiger partial charge in [-0.1, -0.05) is 188 Å². The van der Waals surface area contributed by atoms with Crippen LogP contribution in [0.5, 0.6) is 0 Å². The standard InChI is InChI=1S/C61H39NO/c1-3-15-40(16-4-1)42-27-32-46(33-28-42)62(47-34-29-43(30-35-47)41-17-5-2-6-18-41)58-39-45(37-53-52-22-10-14-26-59(52)63-60(53)58)44-31-36-51-50-21-9-13-25-56(50)61(57(51)38-44)54-23-11-7-19-48(54)49-20-8-12-24-55(49)61/h1-39H. The van der Waals surface area contributed by atoms with Crippen molar-refractivity contribution in [1.82, 2.24) is 0 Å². The molecule has 2 heteroatoms. The normalized spacial score (nSPS) is 12.9. The molecule has 0 saturated heterocycles. The van der Waals surface area contributed by atoms with E-state index < -0.39 is 5.41 Å². The van der Waals surface area contributed by atoms with Crippen molar-refractivity contribution in [1.29, 1.82) is 0 Å². The summed E-state index contributed by atoms with van der Waals surface area (Å²) in [5, 5.41) is 2.18. The first kappa shape index (κ1) is 35.5. The van der Waals surface area contributed by atoms with Crippen LogP contribution in [-0.2, 0) is 5.41 Å². The molecule has 2 aliphatic carbocycles. The van der Waals surface area contributed by atoms with Crippen LogP contribution in [0.15, 0.2) is 241 Å². The molecule has 63 heavy (non-hydrogen) atoms. The van der Waals surface area contributed by atoms with Gasteiger partial charge in [0.2, 0.25) is 0 Å². The lowest BCUT2D eigenvalue weighted by Crippen LogP contribution is -2.25. The summed E-state index contributed by atoms with van der Waals surface area (Å²) >= 11 is 0. The molecule has 0 aliphatic heterocycles. The van der Waals surface area contributed by atoms with Crippen LogP contribution >= 0.6 is 0 Å². The van der Waals surface area contributed by atoms with Gasteiger partial charge in [0.15, 0.2) is 5.58 Å². The molecule has 0 atom stereocenters. The van der Waals surface area contributed by atoms with E-state index in [-0.39, 0.29) is 0 Å². The minimum absolute atomic E-state index is 0.433. The molecule has 0 N–H and O–H groups in total. The molecule has 11 aromatic rings. The molecule has 0 radical (unpaired) electrons. The minimum atomic E-state index is -0.433. The number of rotatable bonds is 6. The lowest BCUT2D eigenvalue weighted by molar-refractivity contribution is 0.669. The molecule has 0 fully saturated rings.